The fourth-order valence-corrected chi connectivity index (χ4v) is 8.73. The van der Waals surface area contributed by atoms with Gasteiger partial charge in [0.25, 0.3) is 0 Å². The molecule has 1 heteroatoms. The van der Waals surface area contributed by atoms with Crippen molar-refractivity contribution in [1.82, 2.24) is 0 Å². The molecule has 0 aliphatic rings. The van der Waals surface area contributed by atoms with Crippen LogP contribution in [0.15, 0.2) is 146 Å². The van der Waals surface area contributed by atoms with Gasteiger partial charge in [-0.15, -0.1) is 11.3 Å². The summed E-state index contributed by atoms with van der Waals surface area (Å²) in [6, 6.07) is 54.2. The monoisotopic (exact) mass is 560 g/mol. The fourth-order valence-electron chi connectivity index (χ4n) is 7.49. The van der Waals surface area contributed by atoms with E-state index in [1.807, 2.05) is 11.3 Å². The van der Waals surface area contributed by atoms with Crippen molar-refractivity contribution in [2.75, 3.05) is 0 Å². The first-order valence-corrected chi connectivity index (χ1v) is 15.7. The minimum atomic E-state index is 1.27. The highest BCUT2D eigenvalue weighted by atomic mass is 32.1. The molecular weight excluding hydrogens is 537 g/mol. The second-order valence-electron chi connectivity index (χ2n) is 11.6. The van der Waals surface area contributed by atoms with Crippen molar-refractivity contribution in [3.63, 3.8) is 0 Å². The van der Waals surface area contributed by atoms with Gasteiger partial charge < -0.3 is 0 Å². The largest absolute Gasteiger partial charge is 0.135 e. The lowest BCUT2D eigenvalue weighted by atomic mass is 9.88. The highest BCUT2D eigenvalue weighted by Gasteiger charge is 2.16. The molecule has 0 atom stereocenters. The number of fused-ring (bicyclic) bond motifs is 15. The van der Waals surface area contributed by atoms with Crippen LogP contribution in [0.1, 0.15) is 0 Å². The molecule has 9 aromatic carbocycles. The molecule has 0 N–H and O–H groups in total. The van der Waals surface area contributed by atoms with Gasteiger partial charge in [0, 0.05) is 20.2 Å². The van der Waals surface area contributed by atoms with E-state index in [1.54, 1.807) is 0 Å². The zero-order chi connectivity index (χ0) is 28.1. The van der Waals surface area contributed by atoms with Gasteiger partial charge >= 0.3 is 0 Å². The van der Waals surface area contributed by atoms with Crippen molar-refractivity contribution in [1.29, 1.82) is 0 Å². The molecule has 1 aromatic heterocycles. The molecule has 0 saturated heterocycles. The van der Waals surface area contributed by atoms with Crippen molar-refractivity contribution in [2.24, 2.45) is 0 Å². The van der Waals surface area contributed by atoms with Gasteiger partial charge in [-0.05, 0) is 100 Å². The van der Waals surface area contributed by atoms with Crippen LogP contribution >= 0.6 is 11.3 Å². The van der Waals surface area contributed by atoms with Crippen LogP contribution in [0.2, 0.25) is 0 Å². The smallest absolute Gasteiger partial charge is 0.0433 e. The Morgan fingerprint density at radius 3 is 1.26 bits per heavy atom. The third kappa shape index (κ3) is 3.20. The molecule has 10 aromatic rings. The number of rotatable bonds is 1. The van der Waals surface area contributed by atoms with Crippen LogP contribution in [0.4, 0.5) is 0 Å². The lowest BCUT2D eigenvalue weighted by Gasteiger charge is -2.16. The molecule has 0 aliphatic heterocycles. The van der Waals surface area contributed by atoms with Gasteiger partial charge in [0.1, 0.15) is 0 Å². The molecule has 198 valence electrons. The molecule has 0 spiro atoms. The van der Waals surface area contributed by atoms with Crippen LogP contribution in [0.3, 0.4) is 0 Å². The Morgan fingerprint density at radius 2 is 0.698 bits per heavy atom. The summed E-state index contributed by atoms with van der Waals surface area (Å²) < 4.78 is 2.70. The van der Waals surface area contributed by atoms with E-state index in [0.29, 0.717) is 0 Å². The van der Waals surface area contributed by atoms with Gasteiger partial charge in [-0.1, -0.05) is 121 Å². The quantitative estimate of drug-likeness (QED) is 0.138. The number of benzene rings is 9. The predicted molar refractivity (Wildman–Crippen MR) is 190 cm³/mol. The Bertz CT molecular complexity index is 2780. The number of hydrogen-bond acceptors (Lipinski definition) is 1. The zero-order valence-corrected chi connectivity index (χ0v) is 24.1. The first kappa shape index (κ1) is 23.3. The van der Waals surface area contributed by atoms with Crippen LogP contribution in [0.25, 0.3) is 95.9 Å². The molecule has 43 heavy (non-hydrogen) atoms. The van der Waals surface area contributed by atoms with Crippen molar-refractivity contribution in [2.45, 2.75) is 0 Å². The third-order valence-corrected chi connectivity index (χ3v) is 10.6. The molecule has 0 bridgehead atoms. The predicted octanol–water partition coefficient (Wildman–Crippen LogP) is 12.6. The molecule has 0 aliphatic carbocycles. The summed E-state index contributed by atoms with van der Waals surface area (Å²) in [5.41, 5.74) is 2.58. The van der Waals surface area contributed by atoms with Crippen molar-refractivity contribution < 1.29 is 0 Å². The highest BCUT2D eigenvalue weighted by molar-refractivity contribution is 7.26. The number of thiophene rings is 1. The lowest BCUT2D eigenvalue weighted by molar-refractivity contribution is 1.73. The highest BCUT2D eigenvalue weighted by Crippen LogP contribution is 2.44. The maximum absolute atomic E-state index is 2.46. The Morgan fingerprint density at radius 1 is 0.279 bits per heavy atom. The summed E-state index contributed by atoms with van der Waals surface area (Å²) in [7, 11) is 0. The molecule has 0 amide bonds. The van der Waals surface area contributed by atoms with Gasteiger partial charge in [0.15, 0.2) is 0 Å². The third-order valence-electron chi connectivity index (χ3n) is 9.41. The van der Waals surface area contributed by atoms with Crippen LogP contribution in [0.5, 0.6) is 0 Å². The summed E-state index contributed by atoms with van der Waals surface area (Å²) in [5, 5.41) is 18.4. The topological polar surface area (TPSA) is 0 Å². The van der Waals surface area contributed by atoms with Crippen molar-refractivity contribution >= 4 is 96.1 Å². The van der Waals surface area contributed by atoms with Crippen molar-refractivity contribution in [3.8, 4) is 11.1 Å². The molecular formula is C42H24S. The van der Waals surface area contributed by atoms with Crippen molar-refractivity contribution in [3.05, 3.63) is 146 Å². The Labute approximate surface area is 252 Å². The average Bonchev–Trinajstić information content (AvgIpc) is 3.47. The first-order valence-electron chi connectivity index (χ1n) is 14.9. The molecule has 0 unspecified atom stereocenters. The molecule has 0 fully saturated rings. The standard InChI is InChI=1S/C42H24S/c1-3-12-29-27(10-1)28-11-2-4-13-30(28)38-24-40-33-21-20-25(22-36(33)31-14-5-6-15-32(31)39(40)23-37(29)38)26-17-9-18-35-34-16-7-8-19-41(34)43-42(26)35/h1-24H. The maximum Gasteiger partial charge on any atom is 0.0433 e. The maximum atomic E-state index is 2.46. The molecule has 1 heterocycles. The van der Waals surface area contributed by atoms with Crippen LogP contribution < -0.4 is 0 Å². The summed E-state index contributed by atoms with van der Waals surface area (Å²) in [5.74, 6) is 0. The molecule has 0 nitrogen and oxygen atoms in total. The minimum Gasteiger partial charge on any atom is -0.135 e. The van der Waals surface area contributed by atoms with Gasteiger partial charge in [-0.3, -0.25) is 0 Å². The van der Waals surface area contributed by atoms with E-state index in [1.165, 1.54) is 95.9 Å². The van der Waals surface area contributed by atoms with Gasteiger partial charge in [0.05, 0.1) is 0 Å². The Kier molecular flexibility index (Phi) is 4.69. The van der Waals surface area contributed by atoms with E-state index in [2.05, 4.69) is 146 Å². The second kappa shape index (κ2) is 8.64. The van der Waals surface area contributed by atoms with Crippen LogP contribution in [0, 0.1) is 0 Å². The average molecular weight is 561 g/mol. The fraction of sp³-hybridized carbons (Fsp3) is 0. The molecule has 0 radical (unpaired) electrons. The Balaban J connectivity index is 1.34. The van der Waals surface area contributed by atoms with E-state index >= 15 is 0 Å². The summed E-state index contributed by atoms with van der Waals surface area (Å²) >= 11 is 1.90. The minimum absolute atomic E-state index is 1.27. The molecule has 0 saturated carbocycles. The molecule has 10 rings (SSSR count). The number of hydrogen-bond donors (Lipinski definition) is 0. The summed E-state index contributed by atoms with van der Waals surface area (Å²) in [4.78, 5) is 0. The second-order valence-corrected chi connectivity index (χ2v) is 12.7. The van der Waals surface area contributed by atoms with Gasteiger partial charge in [0.2, 0.25) is 0 Å². The lowest BCUT2D eigenvalue weighted by Crippen LogP contribution is -1.88. The SMILES string of the molecule is c1ccc2c(c1)sc1c(-c3ccc4c(c3)c3ccccc3c3cc5c6ccccc6c6ccccc6c5cc43)cccc12. The summed E-state index contributed by atoms with van der Waals surface area (Å²) in [6.45, 7) is 0. The van der Waals surface area contributed by atoms with Crippen LogP contribution in [-0.4, -0.2) is 0 Å². The van der Waals surface area contributed by atoms with E-state index in [4.69, 9.17) is 0 Å². The van der Waals surface area contributed by atoms with E-state index in [-0.39, 0.29) is 0 Å². The van der Waals surface area contributed by atoms with E-state index in [0.717, 1.165) is 0 Å². The first-order chi connectivity index (χ1) is 21.3. The Hall–Kier alpha value is -5.24. The zero-order valence-electron chi connectivity index (χ0n) is 23.3. The normalized spacial score (nSPS) is 12.2. The van der Waals surface area contributed by atoms with E-state index < -0.39 is 0 Å². The van der Waals surface area contributed by atoms with Crippen LogP contribution in [-0.2, 0) is 0 Å². The van der Waals surface area contributed by atoms with Gasteiger partial charge in [-0.25, -0.2) is 0 Å². The summed E-state index contributed by atoms with van der Waals surface area (Å²) in [6.07, 6.45) is 0. The van der Waals surface area contributed by atoms with Gasteiger partial charge in [-0.2, -0.15) is 0 Å². The van der Waals surface area contributed by atoms with E-state index in [9.17, 15) is 0 Å².